The molecule has 1 aliphatic carbocycles. The highest BCUT2D eigenvalue weighted by Gasteiger charge is 2.31. The van der Waals surface area contributed by atoms with Gasteiger partial charge in [-0.25, -0.2) is 9.18 Å². The van der Waals surface area contributed by atoms with E-state index in [4.69, 9.17) is 4.74 Å². The Balaban J connectivity index is 1.22. The summed E-state index contributed by atoms with van der Waals surface area (Å²) < 4.78 is 24.3. The Kier molecular flexibility index (Phi) is 6.25. The smallest absolute Gasteiger partial charge is 0.328 e. The fraction of sp³-hybridized carbons (Fsp3) is 0.500. The largest absolute Gasteiger partial charge is 0.494 e. The molecule has 0 radical (unpaired) electrons. The van der Waals surface area contributed by atoms with Gasteiger partial charge in [-0.05, 0) is 43.6 Å². The molecule has 5 rings (SSSR count). The molecule has 3 aromatic rings. The maximum Gasteiger partial charge on any atom is 0.328 e. The van der Waals surface area contributed by atoms with Crippen LogP contribution in [0.4, 0.5) is 4.39 Å². The Morgan fingerprint density at radius 1 is 1.17 bits per heavy atom. The van der Waals surface area contributed by atoms with Crippen molar-refractivity contribution < 1.29 is 13.9 Å². The lowest BCUT2D eigenvalue weighted by Crippen LogP contribution is -2.40. The topological polar surface area (TPSA) is 74.3 Å². The van der Waals surface area contributed by atoms with Crippen LogP contribution >= 0.6 is 0 Å². The Bertz CT molecular complexity index is 1340. The Hall–Kier alpha value is -3.36. The number of aryl methyl sites for hydroxylation is 2. The molecule has 0 spiro atoms. The number of carbonyl (C=O) groups is 1. The molecule has 2 aromatic heterocycles. The number of carbonyl (C=O) groups excluding carboxylic acids is 1. The maximum absolute atomic E-state index is 14.2. The number of ether oxygens (including phenoxy) is 1. The zero-order valence-electron chi connectivity index (χ0n) is 20.5. The molecule has 2 aliphatic rings. The van der Waals surface area contributed by atoms with Gasteiger partial charge in [0.15, 0.2) is 11.6 Å². The van der Waals surface area contributed by atoms with Crippen molar-refractivity contribution in [3.8, 4) is 5.75 Å². The van der Waals surface area contributed by atoms with Crippen LogP contribution in [-0.2, 0) is 25.4 Å². The first-order valence-electron chi connectivity index (χ1n) is 12.2. The summed E-state index contributed by atoms with van der Waals surface area (Å²) in [4.78, 5) is 28.0. The van der Waals surface area contributed by atoms with E-state index in [0.29, 0.717) is 30.0 Å². The Labute approximate surface area is 203 Å². The molecule has 35 heavy (non-hydrogen) atoms. The van der Waals surface area contributed by atoms with Crippen LogP contribution in [0.2, 0.25) is 0 Å². The second-order valence-electron chi connectivity index (χ2n) is 9.81. The van der Waals surface area contributed by atoms with E-state index in [-0.39, 0.29) is 23.3 Å². The standard InChI is InChI=1S/C26H32FN5O3/c1-29-16-20(14-28-29)18-8-10-31(11-9-18)25(33)19-6-4-17(5-7-19)15-32-23-13-24(35-3)21(27)12-22(23)30(2)26(32)34/h8,12-14,16-17,19H,4-7,9-11,15H2,1-3H3/t17-,19-. The number of methoxy groups -OCH3 is 1. The van der Waals surface area contributed by atoms with Gasteiger partial charge in [0.2, 0.25) is 5.91 Å². The monoisotopic (exact) mass is 481 g/mol. The van der Waals surface area contributed by atoms with E-state index in [1.54, 1.807) is 22.4 Å². The summed E-state index contributed by atoms with van der Waals surface area (Å²) in [5.41, 5.74) is 3.46. The zero-order valence-corrected chi connectivity index (χ0v) is 20.5. The molecule has 1 aromatic carbocycles. The highest BCUT2D eigenvalue weighted by molar-refractivity contribution is 5.80. The van der Waals surface area contributed by atoms with Gasteiger partial charge in [-0.15, -0.1) is 0 Å². The molecule has 1 saturated carbocycles. The number of imidazole rings is 1. The fourth-order valence-corrected chi connectivity index (χ4v) is 5.56. The molecule has 186 valence electrons. The summed E-state index contributed by atoms with van der Waals surface area (Å²) in [6.07, 6.45) is 10.3. The van der Waals surface area contributed by atoms with E-state index >= 15 is 0 Å². The third-order valence-electron chi connectivity index (χ3n) is 7.65. The number of amides is 1. The normalized spacial score (nSPS) is 20.8. The number of fused-ring (bicyclic) bond motifs is 1. The minimum atomic E-state index is -0.480. The van der Waals surface area contributed by atoms with Crippen LogP contribution in [0, 0.1) is 17.7 Å². The van der Waals surface area contributed by atoms with Crippen molar-refractivity contribution in [1.29, 1.82) is 0 Å². The first-order chi connectivity index (χ1) is 16.9. The molecule has 1 fully saturated rings. The molecular weight excluding hydrogens is 449 g/mol. The summed E-state index contributed by atoms with van der Waals surface area (Å²) in [7, 11) is 4.99. The van der Waals surface area contributed by atoms with Gasteiger partial charge in [-0.1, -0.05) is 6.08 Å². The van der Waals surface area contributed by atoms with E-state index in [0.717, 1.165) is 44.2 Å². The van der Waals surface area contributed by atoms with Crippen LogP contribution in [0.15, 0.2) is 35.4 Å². The van der Waals surface area contributed by atoms with Gasteiger partial charge >= 0.3 is 5.69 Å². The van der Waals surface area contributed by atoms with Crippen LogP contribution in [0.1, 0.15) is 37.7 Å². The summed E-state index contributed by atoms with van der Waals surface area (Å²) in [6.45, 7) is 1.95. The molecule has 0 N–H and O–H groups in total. The van der Waals surface area contributed by atoms with Crippen molar-refractivity contribution in [2.75, 3.05) is 20.2 Å². The second kappa shape index (κ2) is 9.36. The number of rotatable bonds is 5. The number of hydrogen-bond acceptors (Lipinski definition) is 4. The lowest BCUT2D eigenvalue weighted by atomic mass is 9.81. The van der Waals surface area contributed by atoms with Gasteiger partial charge in [0.25, 0.3) is 0 Å². The van der Waals surface area contributed by atoms with Gasteiger partial charge in [0.05, 0.1) is 24.3 Å². The molecule has 9 heteroatoms. The number of nitrogens with zero attached hydrogens (tertiary/aromatic N) is 5. The molecule has 1 aliphatic heterocycles. The molecule has 8 nitrogen and oxygen atoms in total. The van der Waals surface area contributed by atoms with E-state index in [1.165, 1.54) is 23.3 Å². The summed E-state index contributed by atoms with van der Waals surface area (Å²) in [5, 5.41) is 4.24. The van der Waals surface area contributed by atoms with E-state index in [1.807, 2.05) is 24.3 Å². The maximum atomic E-state index is 14.2. The third kappa shape index (κ3) is 4.39. The third-order valence-corrected chi connectivity index (χ3v) is 7.65. The quantitative estimate of drug-likeness (QED) is 0.560. The van der Waals surface area contributed by atoms with Crippen LogP contribution in [0.25, 0.3) is 16.6 Å². The molecule has 0 saturated heterocycles. The first kappa shape index (κ1) is 23.4. The van der Waals surface area contributed by atoms with Crippen LogP contribution < -0.4 is 10.4 Å². The predicted octanol–water partition coefficient (Wildman–Crippen LogP) is 3.34. The summed E-state index contributed by atoms with van der Waals surface area (Å²) in [5.74, 6) is 0.239. The van der Waals surface area contributed by atoms with Crippen LogP contribution in [0.3, 0.4) is 0 Å². The fourth-order valence-electron chi connectivity index (χ4n) is 5.56. The van der Waals surface area contributed by atoms with Gasteiger partial charge in [-0.2, -0.15) is 5.10 Å². The molecule has 0 bridgehead atoms. The first-order valence-corrected chi connectivity index (χ1v) is 12.2. The molecule has 1 amide bonds. The van der Waals surface area contributed by atoms with Crippen molar-refractivity contribution in [3.05, 3.63) is 52.5 Å². The molecule has 0 atom stereocenters. The minimum absolute atomic E-state index is 0.0398. The lowest BCUT2D eigenvalue weighted by molar-refractivity contribution is -0.136. The van der Waals surface area contributed by atoms with Crippen LogP contribution in [0.5, 0.6) is 5.75 Å². The highest BCUT2D eigenvalue weighted by Crippen LogP contribution is 2.33. The van der Waals surface area contributed by atoms with Gasteiger partial charge in [0.1, 0.15) is 0 Å². The van der Waals surface area contributed by atoms with Gasteiger partial charge in [-0.3, -0.25) is 18.6 Å². The van der Waals surface area contributed by atoms with E-state index in [9.17, 15) is 14.0 Å². The number of aromatic nitrogens is 4. The number of hydrogen-bond donors (Lipinski definition) is 0. The Morgan fingerprint density at radius 3 is 2.57 bits per heavy atom. The van der Waals surface area contributed by atoms with E-state index in [2.05, 4.69) is 11.2 Å². The SMILES string of the molecule is COc1cc2c(cc1F)n(C)c(=O)n2C[C@H]1CC[C@H](C(=O)N2CC=C(c3cnn(C)c3)CC2)CC1. The average molecular weight is 482 g/mol. The predicted molar refractivity (Wildman–Crippen MR) is 132 cm³/mol. The van der Waals surface area contributed by atoms with Crippen molar-refractivity contribution in [2.24, 2.45) is 25.9 Å². The molecular formula is C26H32FN5O3. The number of benzene rings is 1. The van der Waals surface area contributed by atoms with Crippen molar-refractivity contribution >= 4 is 22.5 Å². The van der Waals surface area contributed by atoms with Crippen molar-refractivity contribution in [1.82, 2.24) is 23.8 Å². The molecule has 3 heterocycles. The number of halogens is 1. The van der Waals surface area contributed by atoms with Crippen molar-refractivity contribution in [2.45, 2.75) is 38.6 Å². The summed E-state index contributed by atoms with van der Waals surface area (Å²) >= 11 is 0. The van der Waals surface area contributed by atoms with Gasteiger partial charge < -0.3 is 9.64 Å². The Morgan fingerprint density at radius 2 is 1.94 bits per heavy atom. The van der Waals surface area contributed by atoms with Crippen LogP contribution in [-0.4, -0.2) is 49.9 Å². The zero-order chi connectivity index (χ0) is 24.7. The summed E-state index contributed by atoms with van der Waals surface area (Å²) in [6, 6.07) is 2.96. The highest BCUT2D eigenvalue weighted by atomic mass is 19.1. The second-order valence-corrected chi connectivity index (χ2v) is 9.81. The van der Waals surface area contributed by atoms with E-state index < -0.39 is 5.82 Å². The van der Waals surface area contributed by atoms with Crippen molar-refractivity contribution in [3.63, 3.8) is 0 Å². The van der Waals surface area contributed by atoms with Gasteiger partial charge in [0, 0.05) is 63.5 Å². The lowest BCUT2D eigenvalue weighted by Gasteiger charge is -2.33. The molecule has 0 unspecified atom stereocenters. The average Bonchev–Trinajstić information content (AvgIpc) is 3.41. The minimum Gasteiger partial charge on any atom is -0.494 e.